The fourth-order valence-corrected chi connectivity index (χ4v) is 3.07. The largest absolute Gasteiger partial charge is 0.482 e. The van der Waals surface area contributed by atoms with E-state index in [1.165, 1.54) is 17.6 Å². The lowest BCUT2D eigenvalue weighted by Gasteiger charge is -2.08. The van der Waals surface area contributed by atoms with Gasteiger partial charge in [-0.3, -0.25) is 4.79 Å². The summed E-state index contributed by atoms with van der Waals surface area (Å²) in [4.78, 5) is 36.3. The van der Waals surface area contributed by atoms with Crippen LogP contribution in [0.4, 0.5) is 0 Å². The van der Waals surface area contributed by atoms with E-state index in [2.05, 4.69) is 46.9 Å². The van der Waals surface area contributed by atoms with Gasteiger partial charge < -0.3 is 18.9 Å². The van der Waals surface area contributed by atoms with Crippen LogP contribution in [0.15, 0.2) is 83.8 Å². The third-order valence-corrected chi connectivity index (χ3v) is 5.19. The van der Waals surface area contributed by atoms with Gasteiger partial charge in [0, 0.05) is 23.1 Å². The van der Waals surface area contributed by atoms with Crippen molar-refractivity contribution in [1.29, 1.82) is 0 Å². The monoisotopic (exact) mass is 560 g/mol. The molecule has 0 saturated heterocycles. The van der Waals surface area contributed by atoms with Crippen LogP contribution in [0.3, 0.4) is 0 Å². The van der Waals surface area contributed by atoms with Gasteiger partial charge in [0.2, 0.25) is 6.79 Å². The number of thioether (sulfide) groups is 1. The molecule has 3 rings (SSSR count). The van der Waals surface area contributed by atoms with Crippen molar-refractivity contribution in [2.45, 2.75) is 41.5 Å². The number of hydrogen-bond acceptors (Lipinski definition) is 8. The number of carbonyl (C=O) groups excluding carboxylic acids is 3. The van der Waals surface area contributed by atoms with E-state index in [-0.39, 0.29) is 48.7 Å². The number of aryl methyl sites for hydroxylation is 1. The molecular formula is C31H44O7S. The Labute approximate surface area is 238 Å². The van der Waals surface area contributed by atoms with E-state index >= 15 is 0 Å². The average molecular weight is 561 g/mol. The molecule has 0 aromatic heterocycles. The molecule has 7 nitrogen and oxygen atoms in total. The molecule has 39 heavy (non-hydrogen) atoms. The van der Waals surface area contributed by atoms with Crippen LogP contribution in [0, 0.1) is 6.92 Å². The molecule has 0 aliphatic rings. The third-order valence-electron chi connectivity index (χ3n) is 4.45. The number of rotatable bonds is 10. The maximum Gasteiger partial charge on any atom is 0.347 e. The Hall–Kier alpha value is -3.62. The first-order chi connectivity index (χ1) is 16.9. The SMILES string of the molecule is C.C.C.C.COCC(=O)OCOC(=O)COc1cccc(C(=O)c2ccccc2)c1.CSc1ccc(C)cc1. The Morgan fingerprint density at radius 3 is 1.85 bits per heavy atom. The molecule has 0 aliphatic heterocycles. The van der Waals surface area contributed by atoms with Crippen molar-refractivity contribution >= 4 is 29.5 Å². The summed E-state index contributed by atoms with van der Waals surface area (Å²) in [5, 5.41) is 0. The lowest BCUT2D eigenvalue weighted by Crippen LogP contribution is -2.19. The Morgan fingerprint density at radius 1 is 0.718 bits per heavy atom. The Kier molecular flexibility index (Phi) is 22.9. The van der Waals surface area contributed by atoms with Crippen molar-refractivity contribution in [3.63, 3.8) is 0 Å². The molecule has 8 heteroatoms. The smallest absolute Gasteiger partial charge is 0.347 e. The van der Waals surface area contributed by atoms with E-state index < -0.39 is 18.7 Å². The number of ether oxygens (including phenoxy) is 4. The fraction of sp³-hybridized carbons (Fsp3) is 0.323. The quantitative estimate of drug-likeness (QED) is 0.111. The molecule has 0 N–H and O–H groups in total. The molecule has 3 aromatic rings. The molecular weight excluding hydrogens is 516 g/mol. The highest BCUT2D eigenvalue weighted by atomic mass is 32.2. The number of benzene rings is 3. The van der Waals surface area contributed by atoms with Gasteiger partial charge in [0.25, 0.3) is 0 Å². The van der Waals surface area contributed by atoms with Gasteiger partial charge in [-0.2, -0.15) is 0 Å². The van der Waals surface area contributed by atoms with Crippen LogP contribution in [0.25, 0.3) is 0 Å². The van der Waals surface area contributed by atoms with Gasteiger partial charge in [-0.1, -0.05) is 89.9 Å². The predicted octanol–water partition coefficient (Wildman–Crippen LogP) is 7.25. The lowest BCUT2D eigenvalue weighted by atomic mass is 10.0. The van der Waals surface area contributed by atoms with E-state index in [0.29, 0.717) is 16.9 Å². The fourth-order valence-electron chi connectivity index (χ4n) is 2.66. The minimum Gasteiger partial charge on any atom is -0.482 e. The number of carbonyl (C=O) groups is 3. The minimum absolute atomic E-state index is 0. The average Bonchev–Trinajstić information content (AvgIpc) is 2.89. The van der Waals surface area contributed by atoms with E-state index in [0.717, 1.165) is 0 Å². The van der Waals surface area contributed by atoms with E-state index in [9.17, 15) is 14.4 Å². The maximum atomic E-state index is 12.4. The van der Waals surface area contributed by atoms with Crippen molar-refractivity contribution in [3.8, 4) is 5.75 Å². The van der Waals surface area contributed by atoms with Gasteiger partial charge >= 0.3 is 11.9 Å². The molecule has 0 heterocycles. The summed E-state index contributed by atoms with van der Waals surface area (Å²) in [6.07, 6.45) is 2.09. The van der Waals surface area contributed by atoms with Gasteiger partial charge in [0.1, 0.15) is 12.4 Å². The zero-order valence-corrected chi connectivity index (χ0v) is 20.7. The molecule has 0 atom stereocenters. The van der Waals surface area contributed by atoms with Gasteiger partial charge in [0.15, 0.2) is 12.4 Å². The zero-order valence-electron chi connectivity index (χ0n) is 19.9. The highest BCUT2D eigenvalue weighted by Gasteiger charge is 2.11. The van der Waals surface area contributed by atoms with Crippen molar-refractivity contribution < 1.29 is 33.3 Å². The van der Waals surface area contributed by atoms with Crippen LogP contribution in [-0.2, 0) is 23.8 Å². The third kappa shape index (κ3) is 15.4. The van der Waals surface area contributed by atoms with E-state index in [1.54, 1.807) is 60.3 Å². The summed E-state index contributed by atoms with van der Waals surface area (Å²) in [6, 6.07) is 23.8. The maximum absolute atomic E-state index is 12.4. The van der Waals surface area contributed by atoms with Crippen LogP contribution in [-0.4, -0.2) is 51.1 Å². The van der Waals surface area contributed by atoms with Crippen LogP contribution in [0.5, 0.6) is 5.75 Å². The van der Waals surface area contributed by atoms with Crippen molar-refractivity contribution in [1.82, 2.24) is 0 Å². The summed E-state index contributed by atoms with van der Waals surface area (Å²) in [5.41, 5.74) is 2.32. The van der Waals surface area contributed by atoms with E-state index in [1.807, 2.05) is 6.07 Å². The highest BCUT2D eigenvalue weighted by molar-refractivity contribution is 7.98. The second kappa shape index (κ2) is 22.4. The highest BCUT2D eigenvalue weighted by Crippen LogP contribution is 2.17. The van der Waals surface area contributed by atoms with Gasteiger partial charge in [-0.25, -0.2) is 9.59 Å². The first-order valence-corrected chi connectivity index (χ1v) is 11.9. The van der Waals surface area contributed by atoms with Crippen LogP contribution >= 0.6 is 11.8 Å². The van der Waals surface area contributed by atoms with Gasteiger partial charge in [-0.05, 0) is 37.4 Å². The Morgan fingerprint density at radius 2 is 1.28 bits per heavy atom. The summed E-state index contributed by atoms with van der Waals surface area (Å²) in [7, 11) is 1.35. The molecule has 0 unspecified atom stereocenters. The summed E-state index contributed by atoms with van der Waals surface area (Å²) >= 11 is 1.78. The standard InChI is InChI=1S/C19H18O7.C8H10S.4CH4/c1-23-11-17(20)25-13-26-18(21)12-24-16-9-5-8-15(10-16)19(22)14-6-3-2-4-7-14;1-7-3-5-8(9-2)6-4-7;;;;/h2-10H,11-13H2,1H3;3-6H,1-2H3;4*1H4. The van der Waals surface area contributed by atoms with Crippen molar-refractivity contribution in [2.75, 3.05) is 33.4 Å². The molecule has 216 valence electrons. The molecule has 0 radical (unpaired) electrons. The number of methoxy groups -OCH3 is 1. The van der Waals surface area contributed by atoms with Crippen LogP contribution < -0.4 is 4.74 Å². The minimum atomic E-state index is -0.713. The van der Waals surface area contributed by atoms with Crippen molar-refractivity contribution in [2.24, 2.45) is 0 Å². The van der Waals surface area contributed by atoms with Gasteiger partial charge in [-0.15, -0.1) is 11.8 Å². The van der Waals surface area contributed by atoms with Gasteiger partial charge in [0.05, 0.1) is 0 Å². The second-order valence-corrected chi connectivity index (χ2v) is 7.99. The number of hydrogen-bond donors (Lipinski definition) is 0. The lowest BCUT2D eigenvalue weighted by molar-refractivity contribution is -0.170. The normalized spacial score (nSPS) is 8.90. The topological polar surface area (TPSA) is 88.1 Å². The Bertz CT molecular complexity index is 1080. The van der Waals surface area contributed by atoms with Crippen LogP contribution in [0.1, 0.15) is 51.2 Å². The first-order valence-electron chi connectivity index (χ1n) is 10.7. The molecule has 0 fully saturated rings. The molecule has 3 aromatic carbocycles. The van der Waals surface area contributed by atoms with E-state index in [4.69, 9.17) is 9.47 Å². The molecule has 0 aliphatic carbocycles. The number of ketones is 1. The first kappa shape index (κ1) is 39.9. The van der Waals surface area contributed by atoms with Crippen LogP contribution in [0.2, 0.25) is 0 Å². The second-order valence-electron chi connectivity index (χ2n) is 7.11. The number of esters is 2. The zero-order chi connectivity index (χ0) is 25.5. The summed E-state index contributed by atoms with van der Waals surface area (Å²) in [5.74, 6) is -1.16. The molecule has 0 spiro atoms. The molecule has 0 bridgehead atoms. The molecule has 0 amide bonds. The summed E-state index contributed by atoms with van der Waals surface area (Å²) in [6.45, 7) is 0.974. The summed E-state index contributed by atoms with van der Waals surface area (Å²) < 4.78 is 19.2. The molecule has 0 saturated carbocycles. The van der Waals surface area contributed by atoms with Crippen molar-refractivity contribution in [3.05, 3.63) is 95.6 Å². The predicted molar refractivity (Wildman–Crippen MR) is 161 cm³/mol. The Balaban J connectivity index is -0.000000856.